The van der Waals surface area contributed by atoms with Crippen LogP contribution in [0.2, 0.25) is 0 Å². The van der Waals surface area contributed by atoms with E-state index in [4.69, 9.17) is 20.2 Å². The fourth-order valence-corrected chi connectivity index (χ4v) is 7.52. The number of hydrogen-bond acceptors (Lipinski definition) is 9. The summed E-state index contributed by atoms with van der Waals surface area (Å²) in [5.41, 5.74) is 13.7. The van der Waals surface area contributed by atoms with Gasteiger partial charge in [0, 0.05) is 95.1 Å². The van der Waals surface area contributed by atoms with Crippen LogP contribution in [0.25, 0.3) is 5.57 Å². The Morgan fingerprint density at radius 2 is 1.79 bits per heavy atom. The summed E-state index contributed by atoms with van der Waals surface area (Å²) >= 11 is 0. The van der Waals surface area contributed by atoms with Gasteiger partial charge in [-0.1, -0.05) is 13.5 Å². The predicted molar refractivity (Wildman–Crippen MR) is 176 cm³/mol. The summed E-state index contributed by atoms with van der Waals surface area (Å²) in [5, 5.41) is 0. The molecule has 0 saturated carbocycles. The van der Waals surface area contributed by atoms with Gasteiger partial charge in [0.15, 0.2) is 0 Å². The second-order valence-electron chi connectivity index (χ2n) is 12.6. The molecule has 2 N–H and O–H groups in total. The summed E-state index contributed by atoms with van der Waals surface area (Å²) in [6.45, 7) is 15.2. The number of fused-ring (bicyclic) bond motifs is 1. The van der Waals surface area contributed by atoms with Gasteiger partial charge in [-0.3, -0.25) is 9.89 Å². The number of amidine groups is 1. The maximum absolute atomic E-state index is 6.47. The number of rotatable bonds is 7. The molecular weight excluding hydrogens is 538 g/mol. The van der Waals surface area contributed by atoms with E-state index in [0.29, 0.717) is 17.9 Å². The maximum Gasteiger partial charge on any atom is 0.146 e. The summed E-state index contributed by atoms with van der Waals surface area (Å²) in [7, 11) is 6.16. The van der Waals surface area contributed by atoms with Crippen molar-refractivity contribution in [3.05, 3.63) is 53.5 Å². The lowest BCUT2D eigenvalue weighted by atomic mass is 9.78. The predicted octanol–water partition coefficient (Wildman–Crippen LogP) is 3.98. The van der Waals surface area contributed by atoms with Crippen LogP contribution in [0, 0.1) is 5.92 Å². The molecule has 5 aliphatic rings. The molecule has 1 aromatic carbocycles. The molecular formula is C34H49N7O2. The summed E-state index contributed by atoms with van der Waals surface area (Å²) in [5.74, 6) is 1.13. The van der Waals surface area contributed by atoms with Crippen LogP contribution in [0.1, 0.15) is 44.6 Å². The molecule has 1 unspecified atom stereocenters. The third kappa shape index (κ3) is 5.87. The molecule has 232 valence electrons. The van der Waals surface area contributed by atoms with E-state index in [1.807, 2.05) is 6.20 Å². The number of hydrogen-bond donors (Lipinski definition) is 1. The van der Waals surface area contributed by atoms with Crippen LogP contribution in [0.4, 0.5) is 5.69 Å². The number of allylic oxidation sites excluding steroid dienone is 3. The smallest absolute Gasteiger partial charge is 0.146 e. The van der Waals surface area contributed by atoms with E-state index in [9.17, 15) is 0 Å². The molecule has 0 spiro atoms. The first-order valence-electron chi connectivity index (χ1n) is 16.1. The zero-order chi connectivity index (χ0) is 30.1. The second-order valence-corrected chi connectivity index (χ2v) is 12.6. The van der Waals surface area contributed by atoms with Crippen LogP contribution in [-0.4, -0.2) is 112 Å². The van der Waals surface area contributed by atoms with Gasteiger partial charge in [-0.25, -0.2) is 4.99 Å². The number of methoxy groups -OCH3 is 1. The standard InChI is InChI=1S/C34H49N7O2/c1-6-29-33(39(4)24-11-19-43-20-12-24)23(2)31-28(22-36-34(35)32(31)37-29)27-8-7-26(21-30(27)42-5)40-13-9-25(10-14-40)41-17-15-38(3)16-18-41/h7-8,21-22,24-25,31H,2,6,9-20H2,1,3-5H3,(H2,35,36). The van der Waals surface area contributed by atoms with E-state index in [1.54, 1.807) is 7.11 Å². The van der Waals surface area contributed by atoms with Crippen molar-refractivity contribution in [1.82, 2.24) is 14.7 Å². The van der Waals surface area contributed by atoms with Crippen molar-refractivity contribution < 1.29 is 9.47 Å². The second kappa shape index (κ2) is 12.8. The Hall–Kier alpha value is -3.14. The molecule has 1 aromatic rings. The van der Waals surface area contributed by atoms with Crippen LogP contribution in [0.15, 0.2) is 57.9 Å². The fourth-order valence-electron chi connectivity index (χ4n) is 7.52. The quantitative estimate of drug-likeness (QED) is 0.517. The molecule has 9 nitrogen and oxygen atoms in total. The monoisotopic (exact) mass is 587 g/mol. The highest BCUT2D eigenvalue weighted by Crippen LogP contribution is 2.45. The summed E-state index contributed by atoms with van der Waals surface area (Å²) in [6.07, 6.45) is 7.09. The Morgan fingerprint density at radius 3 is 2.47 bits per heavy atom. The van der Waals surface area contributed by atoms with Gasteiger partial charge in [0.2, 0.25) is 0 Å². The van der Waals surface area contributed by atoms with Crippen LogP contribution >= 0.6 is 0 Å². The number of ether oxygens (including phenoxy) is 2. The number of piperazine rings is 1. The Kier molecular flexibility index (Phi) is 8.93. The van der Waals surface area contributed by atoms with E-state index < -0.39 is 0 Å². The minimum absolute atomic E-state index is 0.177. The van der Waals surface area contributed by atoms with Crippen molar-refractivity contribution in [2.45, 2.75) is 51.1 Å². The molecule has 0 amide bonds. The van der Waals surface area contributed by atoms with Gasteiger partial charge in [-0.2, -0.15) is 0 Å². The molecule has 0 bridgehead atoms. The third-order valence-corrected chi connectivity index (χ3v) is 10.2. The van der Waals surface area contributed by atoms with E-state index in [2.05, 4.69) is 70.4 Å². The van der Waals surface area contributed by atoms with Crippen LogP contribution in [-0.2, 0) is 4.74 Å². The first-order chi connectivity index (χ1) is 20.9. The first-order valence-corrected chi connectivity index (χ1v) is 16.1. The number of nitrogens with two attached hydrogens (primary N) is 1. The number of anilines is 1. The van der Waals surface area contributed by atoms with Crippen molar-refractivity contribution >= 4 is 22.8 Å². The number of benzene rings is 1. The lowest BCUT2D eigenvalue weighted by Gasteiger charge is -2.42. The number of piperidine rings is 1. The van der Waals surface area contributed by atoms with Gasteiger partial charge in [0.05, 0.1) is 30.1 Å². The van der Waals surface area contributed by atoms with Crippen LogP contribution in [0.5, 0.6) is 5.75 Å². The minimum atomic E-state index is -0.177. The Morgan fingerprint density at radius 1 is 1.07 bits per heavy atom. The molecule has 5 aliphatic heterocycles. The first kappa shape index (κ1) is 29.9. The third-order valence-electron chi connectivity index (χ3n) is 10.2. The molecule has 6 rings (SSSR count). The topological polar surface area (TPSA) is 82.2 Å². The minimum Gasteiger partial charge on any atom is -0.496 e. The summed E-state index contributed by atoms with van der Waals surface area (Å²) in [6, 6.07) is 7.71. The molecule has 9 heteroatoms. The average Bonchev–Trinajstić information content (AvgIpc) is 3.05. The average molecular weight is 588 g/mol. The molecule has 1 atom stereocenters. The van der Waals surface area contributed by atoms with E-state index >= 15 is 0 Å². The molecule has 3 saturated heterocycles. The van der Waals surface area contributed by atoms with E-state index in [-0.39, 0.29) is 5.92 Å². The molecule has 5 heterocycles. The lowest BCUT2D eigenvalue weighted by Crippen LogP contribution is -2.52. The summed E-state index contributed by atoms with van der Waals surface area (Å²) < 4.78 is 11.7. The van der Waals surface area contributed by atoms with Gasteiger partial charge >= 0.3 is 0 Å². The number of aliphatic imine (C=N–C) groups is 2. The zero-order valence-corrected chi connectivity index (χ0v) is 26.5. The highest BCUT2D eigenvalue weighted by atomic mass is 16.5. The Bertz CT molecular complexity index is 1330. The Balaban J connectivity index is 1.24. The van der Waals surface area contributed by atoms with Crippen molar-refractivity contribution in [2.24, 2.45) is 21.6 Å². The van der Waals surface area contributed by atoms with Crippen LogP contribution < -0.4 is 15.4 Å². The normalized spacial score (nSPS) is 24.8. The van der Waals surface area contributed by atoms with Crippen molar-refractivity contribution in [3.8, 4) is 5.75 Å². The van der Waals surface area contributed by atoms with E-state index in [0.717, 1.165) is 85.1 Å². The Labute approximate surface area is 257 Å². The van der Waals surface area contributed by atoms with Crippen molar-refractivity contribution in [1.29, 1.82) is 0 Å². The van der Waals surface area contributed by atoms with Gasteiger partial charge in [-0.15, -0.1) is 0 Å². The maximum atomic E-state index is 6.47. The number of likely N-dealkylation sites (N-methyl/N-ethyl adjacent to an activating group) is 2. The lowest BCUT2D eigenvalue weighted by molar-refractivity contribution is 0.0527. The fraction of sp³-hybridized carbons (Fsp3) is 0.588. The van der Waals surface area contributed by atoms with Gasteiger partial charge < -0.3 is 29.9 Å². The largest absolute Gasteiger partial charge is 0.496 e. The zero-order valence-electron chi connectivity index (χ0n) is 26.5. The van der Waals surface area contributed by atoms with Gasteiger partial charge in [0.25, 0.3) is 0 Å². The molecule has 3 fully saturated rings. The van der Waals surface area contributed by atoms with Crippen molar-refractivity contribution in [2.75, 3.05) is 78.6 Å². The van der Waals surface area contributed by atoms with Crippen LogP contribution in [0.3, 0.4) is 0 Å². The molecule has 0 aromatic heterocycles. The van der Waals surface area contributed by atoms with E-state index in [1.165, 1.54) is 44.7 Å². The molecule has 0 radical (unpaired) electrons. The SMILES string of the molecule is C=C1C(N(C)C2CCOCC2)=C(CC)N=C2C(N)=NC=C(c3ccc(N4CCC(N5CCN(C)CC5)CC4)cc3OC)C12. The number of nitrogens with zero attached hydrogens (tertiary/aromatic N) is 6. The van der Waals surface area contributed by atoms with Gasteiger partial charge in [-0.05, 0) is 62.4 Å². The van der Waals surface area contributed by atoms with Crippen molar-refractivity contribution in [3.63, 3.8) is 0 Å². The summed E-state index contributed by atoms with van der Waals surface area (Å²) in [4.78, 5) is 19.8. The molecule has 43 heavy (non-hydrogen) atoms. The highest BCUT2D eigenvalue weighted by molar-refractivity contribution is 6.45. The molecule has 0 aliphatic carbocycles. The highest BCUT2D eigenvalue weighted by Gasteiger charge is 2.39. The van der Waals surface area contributed by atoms with Gasteiger partial charge in [0.1, 0.15) is 11.6 Å².